The van der Waals surface area contributed by atoms with Crippen LogP contribution in [0.1, 0.15) is 40.1 Å². The highest BCUT2D eigenvalue weighted by atomic mass is 16.2. The normalized spacial score (nSPS) is 11.6. The number of fused-ring (bicyclic) bond motifs is 2. The number of hydrogen-bond donors (Lipinski definition) is 2. The number of benzene rings is 2. The molecule has 0 aliphatic carbocycles. The van der Waals surface area contributed by atoms with Crippen LogP contribution in [0.5, 0.6) is 0 Å². The van der Waals surface area contributed by atoms with Crippen LogP contribution in [0.25, 0.3) is 22.1 Å². The Morgan fingerprint density at radius 3 is 2.65 bits per heavy atom. The molecule has 0 saturated heterocycles. The van der Waals surface area contributed by atoms with Gasteiger partial charge in [-0.3, -0.25) is 19.1 Å². The van der Waals surface area contributed by atoms with Gasteiger partial charge in [0.05, 0.1) is 11.4 Å². The molecule has 1 atom stereocenters. The van der Waals surface area contributed by atoms with Gasteiger partial charge in [-0.25, -0.2) is 9.50 Å². The molecule has 0 radical (unpaired) electrons. The Bertz CT molecular complexity index is 2000. The Morgan fingerprint density at radius 2 is 1.85 bits per heavy atom. The van der Waals surface area contributed by atoms with Crippen molar-refractivity contribution in [1.82, 2.24) is 29.5 Å². The third kappa shape index (κ3) is 4.44. The second-order valence-corrected chi connectivity index (χ2v) is 9.15. The zero-order valence-electron chi connectivity index (χ0n) is 21.4. The van der Waals surface area contributed by atoms with Crippen molar-refractivity contribution in [2.75, 3.05) is 5.73 Å². The Kier molecular flexibility index (Phi) is 6.26. The summed E-state index contributed by atoms with van der Waals surface area (Å²) >= 11 is 0. The van der Waals surface area contributed by atoms with E-state index in [2.05, 4.69) is 32.2 Å². The Balaban J connectivity index is 1.48. The molecule has 194 valence electrons. The maximum atomic E-state index is 14.2. The van der Waals surface area contributed by atoms with Gasteiger partial charge >= 0.3 is 0 Å². The first-order valence-electron chi connectivity index (χ1n) is 12.6. The summed E-state index contributed by atoms with van der Waals surface area (Å²) in [6.45, 7) is 1.82. The van der Waals surface area contributed by atoms with Gasteiger partial charge in [-0.15, -0.1) is 5.10 Å². The van der Waals surface area contributed by atoms with Crippen molar-refractivity contribution in [1.29, 1.82) is 0 Å². The summed E-state index contributed by atoms with van der Waals surface area (Å²) in [6, 6.07) is 21.6. The minimum atomic E-state index is -0.576. The summed E-state index contributed by atoms with van der Waals surface area (Å²) in [7, 11) is 0. The lowest BCUT2D eigenvalue weighted by molar-refractivity contribution is 0.0941. The number of nitrogen functional groups attached to an aromatic ring is 1. The molecule has 0 fully saturated rings. The van der Waals surface area contributed by atoms with E-state index in [9.17, 15) is 9.59 Å². The molecule has 0 aliphatic heterocycles. The molecule has 6 rings (SSSR count). The molecule has 0 spiro atoms. The number of pyridine rings is 2. The first-order valence-corrected chi connectivity index (χ1v) is 12.6. The molecule has 9 nitrogen and oxygen atoms in total. The minimum absolute atomic E-state index is 0.0687. The van der Waals surface area contributed by atoms with Crippen LogP contribution in [-0.2, 0) is 0 Å². The Hall–Kier alpha value is -5.75. The molecule has 9 heteroatoms. The van der Waals surface area contributed by atoms with Crippen LogP contribution in [0.3, 0.4) is 0 Å². The molecule has 3 N–H and O–H groups in total. The summed E-state index contributed by atoms with van der Waals surface area (Å²) in [5.41, 5.74) is 8.96. The van der Waals surface area contributed by atoms with Gasteiger partial charge < -0.3 is 11.1 Å². The number of carbonyl (C=O) groups is 1. The smallest absolute Gasteiger partial charge is 0.264 e. The van der Waals surface area contributed by atoms with E-state index in [1.165, 1.54) is 4.52 Å². The number of anilines is 1. The lowest BCUT2D eigenvalue weighted by Crippen LogP contribution is -2.32. The van der Waals surface area contributed by atoms with Crippen molar-refractivity contribution in [3.8, 4) is 17.5 Å². The molecule has 1 amide bonds. The molecule has 6 aromatic rings. The van der Waals surface area contributed by atoms with E-state index in [-0.39, 0.29) is 16.9 Å². The van der Waals surface area contributed by atoms with Crippen LogP contribution in [0.15, 0.2) is 102 Å². The van der Waals surface area contributed by atoms with Crippen molar-refractivity contribution < 1.29 is 4.79 Å². The van der Waals surface area contributed by atoms with Gasteiger partial charge in [-0.1, -0.05) is 42.2 Å². The van der Waals surface area contributed by atoms with Crippen LogP contribution in [0.4, 0.5) is 5.82 Å². The summed E-state index contributed by atoms with van der Waals surface area (Å²) in [5, 5.41) is 8.37. The number of aromatic nitrogens is 5. The van der Waals surface area contributed by atoms with E-state index in [0.29, 0.717) is 33.4 Å². The van der Waals surface area contributed by atoms with Gasteiger partial charge in [-0.05, 0) is 54.8 Å². The van der Waals surface area contributed by atoms with Crippen molar-refractivity contribution in [2.24, 2.45) is 0 Å². The van der Waals surface area contributed by atoms with Crippen LogP contribution in [-0.4, -0.2) is 30.1 Å². The van der Waals surface area contributed by atoms with E-state index >= 15 is 0 Å². The fourth-order valence-electron chi connectivity index (χ4n) is 4.69. The van der Waals surface area contributed by atoms with Crippen LogP contribution < -0.4 is 16.6 Å². The fraction of sp³-hybridized carbons (Fsp3) is 0.0645. The third-order valence-electron chi connectivity index (χ3n) is 6.53. The fourth-order valence-corrected chi connectivity index (χ4v) is 4.69. The molecule has 0 aliphatic rings. The predicted molar refractivity (Wildman–Crippen MR) is 153 cm³/mol. The summed E-state index contributed by atoms with van der Waals surface area (Å²) in [6.07, 6.45) is 6.60. The average molecular weight is 526 g/mol. The largest absolute Gasteiger partial charge is 0.381 e. The molecule has 0 unspecified atom stereocenters. The van der Waals surface area contributed by atoms with Crippen LogP contribution in [0, 0.1) is 11.8 Å². The van der Waals surface area contributed by atoms with E-state index in [1.807, 2.05) is 73.7 Å². The molecule has 4 aromatic heterocycles. The topological polar surface area (TPSA) is 120 Å². The monoisotopic (exact) mass is 525 g/mol. The Labute approximate surface area is 228 Å². The molecule has 0 bridgehead atoms. The lowest BCUT2D eigenvalue weighted by Gasteiger charge is -2.21. The van der Waals surface area contributed by atoms with E-state index in [1.54, 1.807) is 35.4 Å². The molecule has 40 heavy (non-hydrogen) atoms. The summed E-state index contributed by atoms with van der Waals surface area (Å²) in [5.74, 6) is 5.86. The van der Waals surface area contributed by atoms with Gasteiger partial charge in [0.1, 0.15) is 5.56 Å². The number of para-hydroxylation sites is 1. The van der Waals surface area contributed by atoms with Crippen molar-refractivity contribution in [3.05, 3.63) is 130 Å². The zero-order chi connectivity index (χ0) is 27.6. The van der Waals surface area contributed by atoms with E-state index in [0.717, 1.165) is 5.56 Å². The zero-order valence-corrected chi connectivity index (χ0v) is 21.4. The number of rotatable bonds is 4. The second-order valence-electron chi connectivity index (χ2n) is 9.15. The Morgan fingerprint density at radius 1 is 1.00 bits per heavy atom. The van der Waals surface area contributed by atoms with Crippen molar-refractivity contribution >= 4 is 28.1 Å². The summed E-state index contributed by atoms with van der Waals surface area (Å²) < 4.78 is 3.07. The first kappa shape index (κ1) is 24.6. The van der Waals surface area contributed by atoms with Crippen LogP contribution >= 0.6 is 0 Å². The molecular formula is C31H23N7O2. The first-order chi connectivity index (χ1) is 19.5. The van der Waals surface area contributed by atoms with Gasteiger partial charge in [0.25, 0.3) is 11.5 Å². The standard InChI is InChI=1S/C31H23N7O2/c1-20(35-30(39)27-28(32)36-37-17-7-16-34-29(27)37)25-18-23-10-5-9-22(14-13-21-8-6-15-33-19-21)26(23)31(40)38(25)24-11-3-2-4-12-24/h2-12,15-20H,1H3,(H2,32,36)(H,35,39)/t20-/m1/s1. The van der Waals surface area contributed by atoms with Gasteiger partial charge in [-0.2, -0.15) is 0 Å². The number of nitrogens with two attached hydrogens (primary N) is 1. The molecule has 4 heterocycles. The molecular weight excluding hydrogens is 502 g/mol. The second kappa shape index (κ2) is 10.2. The molecule has 0 saturated carbocycles. The highest BCUT2D eigenvalue weighted by Gasteiger charge is 2.23. The van der Waals surface area contributed by atoms with Crippen molar-refractivity contribution in [2.45, 2.75) is 13.0 Å². The van der Waals surface area contributed by atoms with Crippen molar-refractivity contribution in [3.63, 3.8) is 0 Å². The van der Waals surface area contributed by atoms with Gasteiger partial charge in [0, 0.05) is 47.3 Å². The number of carbonyl (C=O) groups excluding carboxylic acids is 1. The third-order valence-corrected chi connectivity index (χ3v) is 6.53. The number of nitrogens with zero attached hydrogens (tertiary/aromatic N) is 5. The van der Waals surface area contributed by atoms with Gasteiger partial charge in [0.15, 0.2) is 11.5 Å². The highest BCUT2D eigenvalue weighted by molar-refractivity contribution is 6.04. The maximum absolute atomic E-state index is 14.2. The quantitative estimate of drug-likeness (QED) is 0.337. The molecule has 2 aromatic carbocycles. The highest BCUT2D eigenvalue weighted by Crippen LogP contribution is 2.24. The number of nitrogens with one attached hydrogen (secondary N) is 1. The summed E-state index contributed by atoms with van der Waals surface area (Å²) in [4.78, 5) is 35.9. The SMILES string of the molecule is C[C@@H](NC(=O)c1c(N)nn2cccnc12)c1cc2cccc(C#Cc3cccnc3)c2c(=O)n1-c1ccccc1. The maximum Gasteiger partial charge on any atom is 0.264 e. The minimum Gasteiger partial charge on any atom is -0.381 e. The average Bonchev–Trinajstić information content (AvgIpc) is 3.32. The number of amides is 1. The van der Waals surface area contributed by atoms with E-state index in [4.69, 9.17) is 5.73 Å². The predicted octanol–water partition coefficient (Wildman–Crippen LogP) is 3.90. The van der Waals surface area contributed by atoms with Gasteiger partial charge in [0.2, 0.25) is 0 Å². The lowest BCUT2D eigenvalue weighted by atomic mass is 10.0. The van der Waals surface area contributed by atoms with E-state index < -0.39 is 11.9 Å². The van der Waals surface area contributed by atoms with Crippen LogP contribution in [0.2, 0.25) is 0 Å². The number of hydrogen-bond acceptors (Lipinski definition) is 6.